The lowest BCUT2D eigenvalue weighted by atomic mass is 10.3. The molecule has 3 N–H and O–H groups in total. The van der Waals surface area contributed by atoms with Crippen LogP contribution in [0.2, 0.25) is 0 Å². The minimum absolute atomic E-state index is 0.0391. The average molecular weight is 229 g/mol. The van der Waals surface area contributed by atoms with Gasteiger partial charge in [0.1, 0.15) is 0 Å². The number of nitrogens with one attached hydrogen (secondary N) is 1. The number of aromatic nitrogens is 1. The molecule has 0 aliphatic carbocycles. The van der Waals surface area contributed by atoms with Gasteiger partial charge in [-0.2, -0.15) is 0 Å². The Morgan fingerprint density at radius 3 is 2.80 bits per heavy atom. The van der Waals surface area contributed by atoms with Gasteiger partial charge in [-0.15, -0.1) is 0 Å². The maximum absolute atomic E-state index is 11.5. The van der Waals surface area contributed by atoms with Gasteiger partial charge in [0, 0.05) is 6.20 Å². The van der Waals surface area contributed by atoms with Crippen LogP contribution >= 0.6 is 0 Å². The van der Waals surface area contributed by atoms with Crippen LogP contribution in [0.5, 0.6) is 0 Å². The fourth-order valence-corrected chi connectivity index (χ4v) is 2.23. The van der Waals surface area contributed by atoms with Crippen LogP contribution in [0.4, 0.5) is 5.69 Å². The molecule has 1 aromatic heterocycles. The molecule has 0 bridgehead atoms. The number of sulfonamides is 1. The van der Waals surface area contributed by atoms with Gasteiger partial charge in [0.25, 0.3) is 0 Å². The van der Waals surface area contributed by atoms with Gasteiger partial charge >= 0.3 is 0 Å². The molecule has 0 radical (unpaired) electrons. The number of hydrogen-bond acceptors (Lipinski definition) is 4. The van der Waals surface area contributed by atoms with Crippen molar-refractivity contribution >= 4 is 15.7 Å². The highest BCUT2D eigenvalue weighted by molar-refractivity contribution is 7.92. The highest BCUT2D eigenvalue weighted by Gasteiger charge is 2.09. The van der Waals surface area contributed by atoms with E-state index in [4.69, 9.17) is 5.73 Å². The van der Waals surface area contributed by atoms with Gasteiger partial charge < -0.3 is 5.73 Å². The summed E-state index contributed by atoms with van der Waals surface area (Å²) >= 11 is 0. The summed E-state index contributed by atoms with van der Waals surface area (Å²) in [4.78, 5) is 3.90. The van der Waals surface area contributed by atoms with E-state index in [1.807, 2.05) is 6.92 Å². The second-order valence-corrected chi connectivity index (χ2v) is 5.16. The molecule has 1 aromatic rings. The van der Waals surface area contributed by atoms with Crippen LogP contribution in [0.15, 0.2) is 18.5 Å². The molecule has 5 nitrogen and oxygen atoms in total. The Bertz CT molecular complexity index is 417. The zero-order valence-electron chi connectivity index (χ0n) is 8.60. The van der Waals surface area contributed by atoms with Crippen LogP contribution in [-0.2, 0) is 10.0 Å². The van der Waals surface area contributed by atoms with E-state index in [-0.39, 0.29) is 5.75 Å². The highest BCUT2D eigenvalue weighted by Crippen LogP contribution is 2.09. The number of aryl methyl sites for hydroxylation is 1. The molecule has 0 spiro atoms. The quantitative estimate of drug-likeness (QED) is 0.769. The maximum atomic E-state index is 11.5. The minimum atomic E-state index is -3.28. The summed E-state index contributed by atoms with van der Waals surface area (Å²) in [5, 5.41) is 0. The van der Waals surface area contributed by atoms with E-state index in [1.165, 1.54) is 6.20 Å². The molecule has 0 aliphatic heterocycles. The number of anilines is 1. The van der Waals surface area contributed by atoms with Crippen molar-refractivity contribution in [3.8, 4) is 0 Å². The molecule has 0 saturated carbocycles. The van der Waals surface area contributed by atoms with Gasteiger partial charge in [-0.25, -0.2) is 8.42 Å². The van der Waals surface area contributed by atoms with Gasteiger partial charge in [0.05, 0.1) is 17.6 Å². The minimum Gasteiger partial charge on any atom is -0.330 e. The summed E-state index contributed by atoms with van der Waals surface area (Å²) in [7, 11) is -3.28. The zero-order valence-corrected chi connectivity index (χ0v) is 9.42. The lowest BCUT2D eigenvalue weighted by Crippen LogP contribution is -2.19. The summed E-state index contributed by atoms with van der Waals surface area (Å²) in [6, 6.07) is 1.73. The summed E-state index contributed by atoms with van der Waals surface area (Å²) in [5.41, 5.74) is 6.65. The summed E-state index contributed by atoms with van der Waals surface area (Å²) in [5.74, 6) is 0.0391. The van der Waals surface area contributed by atoms with Crippen LogP contribution in [0.25, 0.3) is 0 Å². The molecular weight excluding hydrogens is 214 g/mol. The highest BCUT2D eigenvalue weighted by atomic mass is 32.2. The lowest BCUT2D eigenvalue weighted by molar-refractivity contribution is 0.598. The Morgan fingerprint density at radius 1 is 1.47 bits per heavy atom. The van der Waals surface area contributed by atoms with Gasteiger partial charge in [-0.3, -0.25) is 9.71 Å². The fourth-order valence-electron chi connectivity index (χ4n) is 1.11. The maximum Gasteiger partial charge on any atom is 0.232 e. The predicted molar refractivity (Wildman–Crippen MR) is 60.1 cm³/mol. The third-order valence-electron chi connectivity index (χ3n) is 1.77. The van der Waals surface area contributed by atoms with Crippen molar-refractivity contribution in [3.63, 3.8) is 0 Å². The van der Waals surface area contributed by atoms with Gasteiger partial charge in [0.2, 0.25) is 10.0 Å². The molecule has 1 heterocycles. The molecule has 0 amide bonds. The molecule has 0 aromatic carbocycles. The number of hydrogen-bond donors (Lipinski definition) is 2. The first kappa shape index (κ1) is 11.9. The Hall–Kier alpha value is -1.14. The number of nitrogens with zero attached hydrogens (tertiary/aromatic N) is 1. The molecule has 0 atom stereocenters. The van der Waals surface area contributed by atoms with E-state index in [0.29, 0.717) is 18.7 Å². The van der Waals surface area contributed by atoms with Crippen LogP contribution < -0.4 is 10.5 Å². The average Bonchev–Trinajstić information content (AvgIpc) is 2.14. The second kappa shape index (κ2) is 5.09. The number of nitrogens with two attached hydrogens (primary N) is 1. The molecule has 15 heavy (non-hydrogen) atoms. The van der Waals surface area contributed by atoms with Crippen molar-refractivity contribution in [2.24, 2.45) is 5.73 Å². The first-order valence-electron chi connectivity index (χ1n) is 4.66. The van der Waals surface area contributed by atoms with Crippen molar-refractivity contribution in [3.05, 3.63) is 24.0 Å². The topological polar surface area (TPSA) is 85.1 Å². The summed E-state index contributed by atoms with van der Waals surface area (Å²) < 4.78 is 25.4. The Kier molecular flexibility index (Phi) is 4.05. The van der Waals surface area contributed by atoms with E-state index < -0.39 is 10.0 Å². The standard InChI is InChI=1S/C9H15N3O2S/c1-8-5-9(7-11-6-8)12-15(13,14)4-2-3-10/h5-7,12H,2-4,10H2,1H3. The van der Waals surface area contributed by atoms with Crippen LogP contribution in [0, 0.1) is 6.92 Å². The monoisotopic (exact) mass is 229 g/mol. The van der Waals surface area contributed by atoms with Gasteiger partial charge in [0.15, 0.2) is 0 Å². The molecule has 1 rings (SSSR count). The molecular formula is C9H15N3O2S. The van der Waals surface area contributed by atoms with Crippen LogP contribution in [-0.4, -0.2) is 25.7 Å². The molecule has 6 heteroatoms. The first-order chi connectivity index (χ1) is 7.03. The van der Waals surface area contributed by atoms with E-state index in [9.17, 15) is 8.42 Å². The largest absolute Gasteiger partial charge is 0.330 e. The summed E-state index contributed by atoms with van der Waals surface area (Å²) in [6.45, 7) is 2.22. The predicted octanol–water partition coefficient (Wildman–Crippen LogP) is 0.481. The number of rotatable bonds is 5. The Labute approximate surface area is 89.8 Å². The van der Waals surface area contributed by atoms with Gasteiger partial charge in [-0.1, -0.05) is 0 Å². The van der Waals surface area contributed by atoms with Crippen LogP contribution in [0.3, 0.4) is 0 Å². The molecule has 0 fully saturated rings. The van der Waals surface area contributed by atoms with E-state index >= 15 is 0 Å². The summed E-state index contributed by atoms with van der Waals surface area (Å²) in [6.07, 6.45) is 3.60. The van der Waals surface area contributed by atoms with Crippen LogP contribution in [0.1, 0.15) is 12.0 Å². The van der Waals surface area contributed by atoms with Crippen molar-refractivity contribution < 1.29 is 8.42 Å². The molecule has 0 aliphatic rings. The zero-order chi connectivity index (χ0) is 11.3. The van der Waals surface area contributed by atoms with E-state index in [1.54, 1.807) is 12.3 Å². The molecule has 84 valence electrons. The first-order valence-corrected chi connectivity index (χ1v) is 6.31. The Morgan fingerprint density at radius 2 is 2.20 bits per heavy atom. The third-order valence-corrected chi connectivity index (χ3v) is 3.14. The van der Waals surface area contributed by atoms with E-state index in [2.05, 4.69) is 9.71 Å². The number of pyridine rings is 1. The van der Waals surface area contributed by atoms with Crippen molar-refractivity contribution in [2.45, 2.75) is 13.3 Å². The Balaban J connectivity index is 2.69. The normalized spacial score (nSPS) is 11.3. The van der Waals surface area contributed by atoms with Crippen molar-refractivity contribution in [2.75, 3.05) is 17.0 Å². The third kappa shape index (κ3) is 4.26. The van der Waals surface area contributed by atoms with Crippen molar-refractivity contribution in [1.29, 1.82) is 0 Å². The van der Waals surface area contributed by atoms with Gasteiger partial charge in [-0.05, 0) is 31.5 Å². The second-order valence-electron chi connectivity index (χ2n) is 3.31. The molecule has 0 saturated heterocycles. The van der Waals surface area contributed by atoms with Crippen molar-refractivity contribution in [1.82, 2.24) is 4.98 Å². The smallest absolute Gasteiger partial charge is 0.232 e. The lowest BCUT2D eigenvalue weighted by Gasteiger charge is -2.07. The SMILES string of the molecule is Cc1cncc(NS(=O)(=O)CCCN)c1. The fraction of sp³-hybridized carbons (Fsp3) is 0.444. The molecule has 0 unspecified atom stereocenters. The van der Waals surface area contributed by atoms with E-state index in [0.717, 1.165) is 5.56 Å².